The van der Waals surface area contributed by atoms with Gasteiger partial charge in [-0.3, -0.25) is 9.69 Å². The average Bonchev–Trinajstić information content (AvgIpc) is 3.17. The average molecular weight is 320 g/mol. The van der Waals surface area contributed by atoms with E-state index in [1.54, 1.807) is 19.1 Å². The van der Waals surface area contributed by atoms with Crippen LogP contribution in [0, 0.1) is 5.82 Å². The maximum Gasteiger partial charge on any atom is 0.219 e. The van der Waals surface area contributed by atoms with Gasteiger partial charge in [0.05, 0.1) is 0 Å². The van der Waals surface area contributed by atoms with Crippen molar-refractivity contribution >= 4 is 5.91 Å². The molecule has 23 heavy (non-hydrogen) atoms. The summed E-state index contributed by atoms with van der Waals surface area (Å²) in [6.07, 6.45) is 4.56. The highest BCUT2D eigenvalue weighted by Crippen LogP contribution is 2.29. The quantitative estimate of drug-likeness (QED) is 0.836. The van der Waals surface area contributed by atoms with E-state index in [2.05, 4.69) is 4.90 Å². The van der Waals surface area contributed by atoms with E-state index in [4.69, 9.17) is 4.74 Å². The first-order valence-electron chi connectivity index (χ1n) is 8.55. The van der Waals surface area contributed by atoms with Crippen LogP contribution in [-0.2, 0) is 4.79 Å². The number of amides is 1. The van der Waals surface area contributed by atoms with Gasteiger partial charge in [-0.25, -0.2) is 4.39 Å². The molecule has 2 aliphatic rings. The summed E-state index contributed by atoms with van der Waals surface area (Å²) in [5, 5.41) is 0. The lowest BCUT2D eigenvalue weighted by molar-refractivity contribution is -0.130. The van der Waals surface area contributed by atoms with Crippen molar-refractivity contribution in [1.29, 1.82) is 0 Å². The van der Waals surface area contributed by atoms with Gasteiger partial charge in [0, 0.05) is 32.1 Å². The van der Waals surface area contributed by atoms with Crippen LogP contribution in [0.15, 0.2) is 24.3 Å². The van der Waals surface area contributed by atoms with Crippen LogP contribution in [0.25, 0.3) is 0 Å². The van der Waals surface area contributed by atoms with Gasteiger partial charge in [-0.05, 0) is 56.5 Å². The van der Waals surface area contributed by atoms with Crippen LogP contribution in [-0.4, -0.2) is 54.0 Å². The van der Waals surface area contributed by atoms with Gasteiger partial charge in [0.15, 0.2) is 0 Å². The van der Waals surface area contributed by atoms with Gasteiger partial charge in [-0.1, -0.05) is 0 Å². The molecule has 2 fully saturated rings. The molecule has 3 rings (SSSR count). The molecule has 1 aromatic rings. The Labute approximate surface area is 137 Å². The number of carbonyl (C=O) groups is 1. The van der Waals surface area contributed by atoms with Crippen LogP contribution in [0.1, 0.15) is 32.6 Å². The molecule has 0 N–H and O–H groups in total. The van der Waals surface area contributed by atoms with Crippen molar-refractivity contribution in [3.63, 3.8) is 0 Å². The first-order valence-corrected chi connectivity index (χ1v) is 8.55. The molecular weight excluding hydrogens is 295 g/mol. The van der Waals surface area contributed by atoms with Crippen molar-refractivity contribution in [3.05, 3.63) is 30.1 Å². The predicted octanol–water partition coefficient (Wildman–Crippen LogP) is 2.68. The molecule has 2 heterocycles. The van der Waals surface area contributed by atoms with E-state index in [9.17, 15) is 9.18 Å². The topological polar surface area (TPSA) is 32.8 Å². The van der Waals surface area contributed by atoms with Gasteiger partial charge in [0.1, 0.15) is 18.2 Å². The second kappa shape index (κ2) is 7.30. The van der Waals surface area contributed by atoms with E-state index in [1.165, 1.54) is 18.6 Å². The Morgan fingerprint density at radius 1 is 1.17 bits per heavy atom. The van der Waals surface area contributed by atoms with Crippen molar-refractivity contribution in [2.75, 3.05) is 26.2 Å². The predicted molar refractivity (Wildman–Crippen MR) is 86.9 cm³/mol. The molecule has 0 unspecified atom stereocenters. The number of rotatable bonds is 5. The van der Waals surface area contributed by atoms with Gasteiger partial charge in [-0.2, -0.15) is 0 Å². The fraction of sp³-hybridized carbons (Fsp3) is 0.611. The van der Waals surface area contributed by atoms with Crippen LogP contribution < -0.4 is 4.74 Å². The Bertz CT molecular complexity index is 534. The molecule has 2 saturated heterocycles. The minimum atomic E-state index is -0.248. The SMILES string of the molecule is CC(=O)N1CCC[C@H]1[C@H]1CCCN1CCOc1ccc(F)cc1. The third-order valence-corrected chi connectivity index (χ3v) is 5.02. The first-order chi connectivity index (χ1) is 11.1. The van der Waals surface area contributed by atoms with E-state index in [1.807, 2.05) is 4.90 Å². The van der Waals surface area contributed by atoms with Crippen LogP contribution in [0.2, 0.25) is 0 Å². The third-order valence-electron chi connectivity index (χ3n) is 5.02. The van der Waals surface area contributed by atoms with E-state index >= 15 is 0 Å². The monoisotopic (exact) mass is 320 g/mol. The highest BCUT2D eigenvalue weighted by molar-refractivity contribution is 5.74. The van der Waals surface area contributed by atoms with Gasteiger partial charge in [0.25, 0.3) is 0 Å². The normalized spacial score (nSPS) is 25.0. The van der Waals surface area contributed by atoms with E-state index < -0.39 is 0 Å². The Morgan fingerprint density at radius 2 is 1.87 bits per heavy atom. The van der Waals surface area contributed by atoms with Gasteiger partial charge >= 0.3 is 0 Å². The molecule has 5 heteroatoms. The third kappa shape index (κ3) is 3.83. The maximum absolute atomic E-state index is 12.9. The number of hydrogen-bond acceptors (Lipinski definition) is 3. The Kier molecular flexibility index (Phi) is 5.16. The maximum atomic E-state index is 12.9. The summed E-state index contributed by atoms with van der Waals surface area (Å²) >= 11 is 0. The number of hydrogen-bond donors (Lipinski definition) is 0. The molecule has 0 aliphatic carbocycles. The molecule has 0 spiro atoms. The number of carbonyl (C=O) groups excluding carboxylic acids is 1. The molecule has 0 aromatic heterocycles. The minimum Gasteiger partial charge on any atom is -0.492 e. The lowest BCUT2D eigenvalue weighted by Crippen LogP contribution is -2.48. The summed E-state index contributed by atoms with van der Waals surface area (Å²) in [4.78, 5) is 16.3. The van der Waals surface area contributed by atoms with Crippen molar-refractivity contribution in [2.45, 2.75) is 44.7 Å². The van der Waals surface area contributed by atoms with Crippen LogP contribution >= 0.6 is 0 Å². The molecule has 1 amide bonds. The zero-order valence-electron chi connectivity index (χ0n) is 13.7. The number of benzene rings is 1. The second-order valence-electron chi connectivity index (χ2n) is 6.47. The molecule has 0 saturated carbocycles. The highest BCUT2D eigenvalue weighted by Gasteiger charge is 2.38. The van der Waals surface area contributed by atoms with Gasteiger partial charge in [-0.15, -0.1) is 0 Å². The summed E-state index contributed by atoms with van der Waals surface area (Å²) in [7, 11) is 0. The van der Waals surface area contributed by atoms with E-state index in [-0.39, 0.29) is 11.7 Å². The second-order valence-corrected chi connectivity index (χ2v) is 6.47. The molecule has 1 aromatic carbocycles. The fourth-order valence-corrected chi connectivity index (χ4v) is 3.96. The zero-order chi connectivity index (χ0) is 16.2. The number of halogens is 1. The lowest BCUT2D eigenvalue weighted by Gasteiger charge is -2.34. The molecule has 0 radical (unpaired) electrons. The lowest BCUT2D eigenvalue weighted by atomic mass is 10.0. The van der Waals surface area contributed by atoms with Gasteiger partial charge < -0.3 is 9.64 Å². The van der Waals surface area contributed by atoms with Crippen molar-refractivity contribution in [2.24, 2.45) is 0 Å². The van der Waals surface area contributed by atoms with Crippen LogP contribution in [0.5, 0.6) is 5.75 Å². The molecular formula is C18H25FN2O2. The summed E-state index contributed by atoms with van der Waals surface area (Å²) in [5.41, 5.74) is 0. The van der Waals surface area contributed by atoms with Crippen molar-refractivity contribution < 1.29 is 13.9 Å². The number of nitrogens with zero attached hydrogens (tertiary/aromatic N) is 2. The molecule has 4 nitrogen and oxygen atoms in total. The summed E-state index contributed by atoms with van der Waals surface area (Å²) in [6.45, 7) is 5.09. The molecule has 126 valence electrons. The Morgan fingerprint density at radius 3 is 2.61 bits per heavy atom. The molecule has 0 bridgehead atoms. The van der Waals surface area contributed by atoms with E-state index in [0.29, 0.717) is 24.4 Å². The largest absolute Gasteiger partial charge is 0.492 e. The minimum absolute atomic E-state index is 0.196. The van der Waals surface area contributed by atoms with Crippen LogP contribution in [0.4, 0.5) is 4.39 Å². The summed E-state index contributed by atoms with van der Waals surface area (Å²) < 4.78 is 18.6. The van der Waals surface area contributed by atoms with Crippen molar-refractivity contribution in [3.8, 4) is 5.75 Å². The van der Waals surface area contributed by atoms with Crippen LogP contribution in [0.3, 0.4) is 0 Å². The summed E-state index contributed by atoms with van der Waals surface area (Å²) in [6, 6.07) is 6.96. The first kappa shape index (κ1) is 16.2. The van der Waals surface area contributed by atoms with Gasteiger partial charge in [0.2, 0.25) is 5.91 Å². The number of ether oxygens (including phenoxy) is 1. The Hall–Kier alpha value is -1.62. The number of likely N-dealkylation sites (tertiary alicyclic amines) is 2. The summed E-state index contributed by atoms with van der Waals surface area (Å²) in [5.74, 6) is 0.651. The zero-order valence-corrected chi connectivity index (χ0v) is 13.7. The fourth-order valence-electron chi connectivity index (χ4n) is 3.96. The van der Waals surface area contributed by atoms with E-state index in [0.717, 1.165) is 38.9 Å². The highest BCUT2D eigenvalue weighted by atomic mass is 19.1. The Balaban J connectivity index is 1.53. The smallest absolute Gasteiger partial charge is 0.219 e. The standard InChI is InChI=1S/C18H25FN2O2/c1-14(22)21-11-3-5-18(21)17-4-2-10-20(17)12-13-23-16-8-6-15(19)7-9-16/h6-9,17-18H,2-5,10-13H2,1H3/t17-,18+/m1/s1. The van der Waals surface area contributed by atoms with Crippen molar-refractivity contribution in [1.82, 2.24) is 9.80 Å². The molecule has 2 atom stereocenters. The molecule has 2 aliphatic heterocycles.